The minimum absolute atomic E-state index is 0.0518. The van der Waals surface area contributed by atoms with Crippen LogP contribution in [0.2, 0.25) is 0 Å². The number of benzene rings is 1. The Bertz CT molecular complexity index is 1500. The number of esters is 2. The van der Waals surface area contributed by atoms with Gasteiger partial charge in [-0.3, -0.25) is 19.2 Å². The van der Waals surface area contributed by atoms with Gasteiger partial charge in [-0.2, -0.15) is 0 Å². The van der Waals surface area contributed by atoms with Crippen molar-refractivity contribution in [1.29, 1.82) is 0 Å². The molecule has 0 bridgehead atoms. The van der Waals surface area contributed by atoms with E-state index in [1.165, 1.54) is 92.0 Å². The van der Waals surface area contributed by atoms with E-state index in [4.69, 9.17) is 14.2 Å². The lowest BCUT2D eigenvalue weighted by Crippen LogP contribution is -2.35. The number of hydrogen-bond donors (Lipinski definition) is 0. The third kappa shape index (κ3) is 17.5. The van der Waals surface area contributed by atoms with Crippen LogP contribution in [0.5, 0.6) is 5.75 Å². The molecule has 60 heavy (non-hydrogen) atoms. The van der Waals surface area contributed by atoms with Gasteiger partial charge in [-0.25, -0.2) is 0 Å². The molecular weight excluding hydrogens is 751 g/mol. The van der Waals surface area contributed by atoms with E-state index in [-0.39, 0.29) is 55.2 Å². The summed E-state index contributed by atoms with van der Waals surface area (Å²) in [5.41, 5.74) is 7.17. The van der Waals surface area contributed by atoms with Crippen molar-refractivity contribution in [2.45, 2.75) is 229 Å². The molecule has 0 spiro atoms. The molecule has 342 valence electrons. The number of ketones is 1. The summed E-state index contributed by atoms with van der Waals surface area (Å²) in [7, 11) is 0. The quantitative estimate of drug-likeness (QED) is 0.0585. The Balaban J connectivity index is 1.31. The van der Waals surface area contributed by atoms with Crippen LogP contribution in [-0.2, 0) is 41.5 Å². The molecule has 1 aromatic carbocycles. The standard InChI is InChI=1S/C52H87NO7/c1-11-43-34-45(60-50(57)28-27-44(54)12-2)36-53(43)48(55)25-15-13-14-16-26-49(56)58-32-33-59-51-41(8)40(7)47-35-52(10,31-29-46(47)42(51)9)30-19-24-39(6)23-18-22-38(5)21-17-20-37(3)4/h37-39,43,45H,11-36H2,1-10H3/t38-,39-,43-,45-,52-/m1/s1. The number of hydrogen-bond acceptors (Lipinski definition) is 7. The maximum atomic E-state index is 13.0. The summed E-state index contributed by atoms with van der Waals surface area (Å²) in [6, 6.07) is 0.0682. The Morgan fingerprint density at radius 1 is 0.717 bits per heavy atom. The molecule has 1 heterocycles. The number of rotatable bonds is 29. The lowest BCUT2D eigenvalue weighted by molar-refractivity contribution is -0.150. The molecule has 1 aliphatic carbocycles. The molecule has 3 rings (SSSR count). The minimum atomic E-state index is -0.363. The summed E-state index contributed by atoms with van der Waals surface area (Å²) in [6.45, 7) is 23.6. The largest absolute Gasteiger partial charge is 0.489 e. The molecule has 0 saturated carbocycles. The van der Waals surface area contributed by atoms with Gasteiger partial charge in [0, 0.05) is 38.1 Å². The summed E-state index contributed by atoms with van der Waals surface area (Å²) < 4.78 is 17.5. The first kappa shape index (κ1) is 51.5. The number of unbranched alkanes of at least 4 members (excludes halogenated alkanes) is 3. The maximum absolute atomic E-state index is 13.0. The van der Waals surface area contributed by atoms with E-state index in [1.54, 1.807) is 6.92 Å². The van der Waals surface area contributed by atoms with E-state index >= 15 is 0 Å². The average Bonchev–Trinajstić information content (AvgIpc) is 3.62. The van der Waals surface area contributed by atoms with Gasteiger partial charge in [0.2, 0.25) is 5.91 Å². The summed E-state index contributed by atoms with van der Waals surface area (Å²) in [5, 5.41) is 0. The smallest absolute Gasteiger partial charge is 0.306 e. The fraction of sp³-hybridized carbons (Fsp3) is 0.808. The van der Waals surface area contributed by atoms with Crippen LogP contribution in [-0.4, -0.2) is 60.4 Å². The summed E-state index contributed by atoms with van der Waals surface area (Å²) in [4.78, 5) is 51.2. The van der Waals surface area contributed by atoms with E-state index in [2.05, 4.69) is 55.4 Å². The molecule has 8 nitrogen and oxygen atoms in total. The van der Waals surface area contributed by atoms with Gasteiger partial charge in [0.05, 0.1) is 13.0 Å². The van der Waals surface area contributed by atoms with Gasteiger partial charge in [0.1, 0.15) is 30.9 Å². The first-order valence-electron chi connectivity index (χ1n) is 24.5. The summed E-state index contributed by atoms with van der Waals surface area (Å²) in [6.07, 6.45) is 21.6. The molecule has 0 radical (unpaired) electrons. The van der Waals surface area contributed by atoms with Crippen LogP contribution in [0.1, 0.15) is 211 Å². The first-order chi connectivity index (χ1) is 28.6. The SMILES string of the molecule is CCC(=O)CCC(=O)O[C@@H]1C[C@@H](CC)N(C(=O)CCCCCCC(=O)OCCOc2c(C)c(C)c3c(c2C)CC[C@@](C)(CCC[C@H](C)CCC[C@H](C)CCCC(C)C)C3)C1. The highest BCUT2D eigenvalue weighted by Crippen LogP contribution is 2.45. The van der Waals surface area contributed by atoms with Gasteiger partial charge in [-0.1, -0.05) is 113 Å². The third-order valence-corrected chi connectivity index (χ3v) is 14.0. The minimum Gasteiger partial charge on any atom is -0.489 e. The summed E-state index contributed by atoms with van der Waals surface area (Å²) in [5.74, 6) is 3.04. The zero-order valence-electron chi connectivity index (χ0n) is 40.1. The molecule has 8 heteroatoms. The van der Waals surface area contributed by atoms with Crippen LogP contribution in [0.4, 0.5) is 0 Å². The van der Waals surface area contributed by atoms with Crippen molar-refractivity contribution in [3.8, 4) is 5.75 Å². The molecule has 1 amide bonds. The molecule has 1 aromatic rings. The third-order valence-electron chi connectivity index (χ3n) is 14.0. The van der Waals surface area contributed by atoms with Crippen molar-refractivity contribution in [2.24, 2.45) is 23.2 Å². The number of carbonyl (C=O) groups is 4. The maximum Gasteiger partial charge on any atom is 0.306 e. The molecule has 1 aliphatic heterocycles. The number of likely N-dealkylation sites (tertiary alicyclic amines) is 1. The second kappa shape index (κ2) is 26.5. The molecule has 5 atom stereocenters. The average molecular weight is 838 g/mol. The number of carbonyl (C=O) groups excluding carboxylic acids is 4. The van der Waals surface area contributed by atoms with Gasteiger partial charge in [-0.15, -0.1) is 0 Å². The monoisotopic (exact) mass is 838 g/mol. The van der Waals surface area contributed by atoms with Gasteiger partial charge in [0.15, 0.2) is 0 Å². The number of nitrogens with zero attached hydrogens (tertiary/aromatic N) is 1. The van der Waals surface area contributed by atoms with Crippen LogP contribution in [0, 0.1) is 43.9 Å². The number of fused-ring (bicyclic) bond motifs is 1. The lowest BCUT2D eigenvalue weighted by Gasteiger charge is -2.38. The van der Waals surface area contributed by atoms with Crippen LogP contribution in [0.3, 0.4) is 0 Å². The van der Waals surface area contributed by atoms with Crippen molar-refractivity contribution >= 4 is 23.6 Å². The molecule has 0 N–H and O–H groups in total. The van der Waals surface area contributed by atoms with Crippen LogP contribution in [0.25, 0.3) is 0 Å². The predicted octanol–water partition coefficient (Wildman–Crippen LogP) is 12.5. The van der Waals surface area contributed by atoms with Crippen molar-refractivity contribution in [3.63, 3.8) is 0 Å². The van der Waals surface area contributed by atoms with E-state index in [0.29, 0.717) is 44.2 Å². The lowest BCUT2D eigenvalue weighted by atomic mass is 9.67. The zero-order chi connectivity index (χ0) is 44.2. The normalized spacial score (nSPS) is 19.9. The Labute approximate surface area is 366 Å². The topological polar surface area (TPSA) is 99.2 Å². The van der Waals surface area contributed by atoms with Crippen molar-refractivity contribution in [1.82, 2.24) is 4.90 Å². The van der Waals surface area contributed by atoms with Crippen LogP contribution in [0.15, 0.2) is 0 Å². The second-order valence-electron chi connectivity index (χ2n) is 19.8. The van der Waals surface area contributed by atoms with E-state index in [0.717, 1.165) is 68.4 Å². The Morgan fingerprint density at radius 2 is 1.37 bits per heavy atom. The highest BCUT2D eigenvalue weighted by Gasteiger charge is 2.36. The molecule has 2 aliphatic rings. The zero-order valence-corrected chi connectivity index (χ0v) is 40.1. The molecule has 0 aromatic heterocycles. The Kier molecular flexibility index (Phi) is 22.8. The molecule has 1 saturated heterocycles. The van der Waals surface area contributed by atoms with Crippen molar-refractivity contribution < 1.29 is 33.4 Å². The molecule has 0 unspecified atom stereocenters. The predicted molar refractivity (Wildman–Crippen MR) is 244 cm³/mol. The van der Waals surface area contributed by atoms with Gasteiger partial charge >= 0.3 is 11.9 Å². The Hall–Kier alpha value is -2.90. The van der Waals surface area contributed by atoms with Crippen molar-refractivity contribution in [3.05, 3.63) is 27.8 Å². The Morgan fingerprint density at radius 3 is 2.02 bits per heavy atom. The van der Waals surface area contributed by atoms with E-state index in [1.807, 2.05) is 11.8 Å². The van der Waals surface area contributed by atoms with Gasteiger partial charge in [0.25, 0.3) is 0 Å². The fourth-order valence-corrected chi connectivity index (χ4v) is 9.80. The summed E-state index contributed by atoms with van der Waals surface area (Å²) >= 11 is 0. The highest BCUT2D eigenvalue weighted by atomic mass is 16.6. The number of Topliss-reactive ketones (excluding diaryl/α,β-unsaturated/α-hetero) is 1. The fourth-order valence-electron chi connectivity index (χ4n) is 9.80. The van der Waals surface area contributed by atoms with Crippen LogP contribution < -0.4 is 4.74 Å². The number of ether oxygens (including phenoxy) is 3. The van der Waals surface area contributed by atoms with E-state index < -0.39 is 0 Å². The first-order valence-corrected chi connectivity index (χ1v) is 24.5. The highest BCUT2D eigenvalue weighted by molar-refractivity contribution is 5.82. The van der Waals surface area contributed by atoms with E-state index in [9.17, 15) is 19.2 Å². The van der Waals surface area contributed by atoms with Gasteiger partial charge < -0.3 is 19.1 Å². The van der Waals surface area contributed by atoms with Crippen LogP contribution >= 0.6 is 0 Å². The molecule has 1 fully saturated rings. The number of amides is 1. The van der Waals surface area contributed by atoms with Gasteiger partial charge in [-0.05, 0) is 117 Å². The molecular formula is C52H87NO7. The second-order valence-corrected chi connectivity index (χ2v) is 19.8. The van der Waals surface area contributed by atoms with Crippen molar-refractivity contribution in [2.75, 3.05) is 19.8 Å².